The van der Waals surface area contributed by atoms with E-state index in [0.717, 1.165) is 0 Å². The van der Waals surface area contributed by atoms with Crippen molar-refractivity contribution in [3.8, 4) is 23.0 Å². The van der Waals surface area contributed by atoms with Gasteiger partial charge in [0.15, 0.2) is 5.75 Å². The highest BCUT2D eigenvalue weighted by Gasteiger charge is 2.10. The first-order chi connectivity index (χ1) is 12.0. The molecule has 1 aromatic carbocycles. The number of allylic oxidation sites excluding steroid dienone is 5. The average molecular weight is 382 g/mol. The predicted octanol–water partition coefficient (Wildman–Crippen LogP) is 4.92. The van der Waals surface area contributed by atoms with Crippen molar-refractivity contribution < 1.29 is 14.2 Å². The van der Waals surface area contributed by atoms with Gasteiger partial charge in [-0.1, -0.05) is 46.5 Å². The predicted molar refractivity (Wildman–Crippen MR) is 95.6 cm³/mol. The molecule has 0 aliphatic heterocycles. The maximum absolute atomic E-state index is 12.4. The largest absolute Gasteiger partial charge is 0.505 e. The van der Waals surface area contributed by atoms with Crippen LogP contribution < -0.4 is 4.74 Å². The molecule has 0 amide bonds. The number of rotatable bonds is 6. The lowest BCUT2D eigenvalue weighted by Crippen LogP contribution is -2.00. The minimum atomic E-state index is -0.267. The smallest absolute Gasteiger partial charge is 0.335 e. The molecule has 2 rings (SSSR count). The van der Waals surface area contributed by atoms with Crippen molar-refractivity contribution in [1.29, 1.82) is 0 Å². The number of aromatic nitrogens is 3. The van der Waals surface area contributed by atoms with Crippen LogP contribution in [0.5, 0.6) is 11.8 Å². The second-order valence-electron chi connectivity index (χ2n) is 4.79. The Morgan fingerprint density at radius 2 is 1.92 bits per heavy atom. The van der Waals surface area contributed by atoms with Crippen molar-refractivity contribution in [2.24, 2.45) is 0 Å². The van der Waals surface area contributed by atoms with E-state index in [0.29, 0.717) is 11.3 Å². The molecule has 0 aliphatic rings. The summed E-state index contributed by atoms with van der Waals surface area (Å²) in [5.74, 6) is -0.456. The zero-order valence-electron chi connectivity index (χ0n) is 13.2. The lowest BCUT2D eigenvalue weighted by molar-refractivity contribution is 0.328. The Kier molecular flexibility index (Phi) is 6.91. The Labute approximate surface area is 154 Å². The van der Waals surface area contributed by atoms with E-state index in [1.807, 2.05) is 0 Å². The summed E-state index contributed by atoms with van der Waals surface area (Å²) in [4.78, 5) is 4.04. The minimum Gasteiger partial charge on any atom is -0.505 e. The highest BCUT2D eigenvalue weighted by Crippen LogP contribution is 2.35. The fraction of sp³-hybridized carbons (Fsp3) is 0.118. The van der Waals surface area contributed by atoms with Gasteiger partial charge in [-0.05, 0) is 31.2 Å². The molecule has 1 aromatic heterocycles. The van der Waals surface area contributed by atoms with Gasteiger partial charge in [0.05, 0.1) is 22.1 Å². The molecule has 0 fully saturated rings. The van der Waals surface area contributed by atoms with Crippen LogP contribution in [-0.2, 0) is 0 Å². The first-order valence-electron chi connectivity index (χ1n) is 7.14. The summed E-state index contributed by atoms with van der Waals surface area (Å²) in [6, 6.07) is 3.13. The number of aromatic hydroxyl groups is 1. The number of halogens is 3. The van der Waals surface area contributed by atoms with Gasteiger partial charge in [0, 0.05) is 5.56 Å². The summed E-state index contributed by atoms with van der Waals surface area (Å²) in [5, 5.41) is 17.6. The lowest BCUT2D eigenvalue weighted by Gasteiger charge is -2.05. The molecular formula is C17H14Cl2FN3O2. The quantitative estimate of drug-likeness (QED) is 0.719. The first kappa shape index (κ1) is 18.9. The molecule has 130 valence electrons. The number of phenolic OH excluding ortho intramolecular Hbond substituents is 1. The molecule has 0 saturated heterocycles. The molecule has 1 heterocycles. The molecule has 0 bridgehead atoms. The normalized spacial score (nSPS) is 12.2. The number of hydrogen-bond donors (Lipinski definition) is 1. The fourth-order valence-electron chi connectivity index (χ4n) is 1.69. The van der Waals surface area contributed by atoms with Crippen LogP contribution in [0.1, 0.15) is 6.92 Å². The first-order valence-corrected chi connectivity index (χ1v) is 7.89. The van der Waals surface area contributed by atoms with Crippen LogP contribution in [-0.4, -0.2) is 26.9 Å². The van der Waals surface area contributed by atoms with Crippen LogP contribution in [0.4, 0.5) is 4.39 Å². The molecule has 0 radical (unpaired) electrons. The molecule has 5 nitrogen and oxygen atoms in total. The van der Waals surface area contributed by atoms with Crippen LogP contribution in [0.2, 0.25) is 10.0 Å². The Balaban J connectivity index is 1.95. The highest BCUT2D eigenvalue weighted by atomic mass is 35.5. The van der Waals surface area contributed by atoms with Crippen LogP contribution in [0, 0.1) is 0 Å². The molecule has 1 N–H and O–H groups in total. The standard InChI is InChI=1S/C17H14Cl2FN3O2/c1-11(20)6-4-2-3-5-7-25-17-21-10-15(22-23-17)12-8-13(18)16(24)14(19)9-12/h2-6,8-10,24H,7H2,1H3/b4-2-,5-3+,11-6+. The van der Waals surface area contributed by atoms with E-state index in [4.69, 9.17) is 27.9 Å². The van der Waals surface area contributed by atoms with E-state index in [2.05, 4.69) is 15.2 Å². The molecule has 0 unspecified atom stereocenters. The molecule has 0 spiro atoms. The maximum Gasteiger partial charge on any atom is 0.335 e. The summed E-state index contributed by atoms with van der Waals surface area (Å²) < 4.78 is 17.7. The van der Waals surface area contributed by atoms with Gasteiger partial charge in [-0.25, -0.2) is 9.37 Å². The van der Waals surface area contributed by atoms with Gasteiger partial charge >= 0.3 is 6.01 Å². The van der Waals surface area contributed by atoms with Crippen molar-refractivity contribution in [3.05, 3.63) is 64.6 Å². The van der Waals surface area contributed by atoms with Gasteiger partial charge < -0.3 is 9.84 Å². The van der Waals surface area contributed by atoms with E-state index in [9.17, 15) is 9.50 Å². The molecule has 0 saturated carbocycles. The Bertz CT molecular complexity index is 794. The van der Waals surface area contributed by atoms with E-state index >= 15 is 0 Å². The topological polar surface area (TPSA) is 68.1 Å². The summed E-state index contributed by atoms with van der Waals surface area (Å²) in [6.45, 7) is 1.60. The van der Waals surface area contributed by atoms with E-state index in [1.54, 1.807) is 24.3 Å². The summed E-state index contributed by atoms with van der Waals surface area (Å²) >= 11 is 11.7. The zero-order valence-corrected chi connectivity index (χ0v) is 14.7. The molecule has 0 atom stereocenters. The van der Waals surface area contributed by atoms with Crippen molar-refractivity contribution in [1.82, 2.24) is 15.2 Å². The van der Waals surface area contributed by atoms with E-state index in [-0.39, 0.29) is 34.2 Å². The third kappa shape index (κ3) is 5.85. The van der Waals surface area contributed by atoms with Gasteiger partial charge in [0.2, 0.25) is 0 Å². The zero-order chi connectivity index (χ0) is 18.2. The Morgan fingerprint density at radius 3 is 2.52 bits per heavy atom. The number of hydrogen-bond acceptors (Lipinski definition) is 5. The summed E-state index contributed by atoms with van der Waals surface area (Å²) in [5.41, 5.74) is 1.00. The summed E-state index contributed by atoms with van der Waals surface area (Å²) in [7, 11) is 0. The molecule has 25 heavy (non-hydrogen) atoms. The second kappa shape index (κ2) is 9.15. The Hall–Kier alpha value is -2.44. The van der Waals surface area contributed by atoms with Crippen molar-refractivity contribution in [2.75, 3.05) is 6.61 Å². The third-order valence-electron chi connectivity index (χ3n) is 2.85. The molecule has 2 aromatic rings. The average Bonchev–Trinajstić information content (AvgIpc) is 2.58. The van der Waals surface area contributed by atoms with Crippen LogP contribution in [0.3, 0.4) is 0 Å². The van der Waals surface area contributed by atoms with Crippen LogP contribution in [0.15, 0.2) is 54.5 Å². The van der Waals surface area contributed by atoms with Crippen molar-refractivity contribution in [3.63, 3.8) is 0 Å². The van der Waals surface area contributed by atoms with Gasteiger partial charge in [0.25, 0.3) is 0 Å². The number of phenols is 1. The monoisotopic (exact) mass is 381 g/mol. The third-order valence-corrected chi connectivity index (χ3v) is 3.42. The maximum atomic E-state index is 12.4. The summed E-state index contributed by atoms with van der Waals surface area (Å²) in [6.07, 6.45) is 9.48. The van der Waals surface area contributed by atoms with Crippen molar-refractivity contribution in [2.45, 2.75) is 6.92 Å². The fourth-order valence-corrected chi connectivity index (χ4v) is 2.17. The van der Waals surface area contributed by atoms with Crippen LogP contribution >= 0.6 is 23.2 Å². The highest BCUT2D eigenvalue weighted by molar-refractivity contribution is 6.37. The van der Waals surface area contributed by atoms with Gasteiger partial charge in [-0.15, -0.1) is 5.10 Å². The van der Waals surface area contributed by atoms with E-state index < -0.39 is 0 Å². The van der Waals surface area contributed by atoms with Crippen molar-refractivity contribution >= 4 is 23.2 Å². The SMILES string of the molecule is C\C(F)=C/C=C\C=C\COc1ncc(-c2cc(Cl)c(O)c(Cl)c2)nn1. The molecule has 0 aliphatic carbocycles. The number of ether oxygens (including phenoxy) is 1. The van der Waals surface area contributed by atoms with E-state index in [1.165, 1.54) is 31.3 Å². The number of benzene rings is 1. The molecular weight excluding hydrogens is 368 g/mol. The van der Waals surface area contributed by atoms with Gasteiger partial charge in [-0.3, -0.25) is 0 Å². The second-order valence-corrected chi connectivity index (χ2v) is 5.61. The van der Waals surface area contributed by atoms with Gasteiger partial charge in [-0.2, -0.15) is 0 Å². The van der Waals surface area contributed by atoms with Crippen LogP contribution in [0.25, 0.3) is 11.3 Å². The lowest BCUT2D eigenvalue weighted by atomic mass is 10.1. The number of nitrogens with zero attached hydrogens (tertiary/aromatic N) is 3. The van der Waals surface area contributed by atoms with Gasteiger partial charge in [0.1, 0.15) is 12.3 Å². The molecule has 8 heteroatoms. The Morgan fingerprint density at radius 1 is 1.20 bits per heavy atom. The minimum absolute atomic E-state index is 0.104.